The first-order valence-electron chi connectivity index (χ1n) is 8.05. The number of aromatic hydroxyl groups is 1. The summed E-state index contributed by atoms with van der Waals surface area (Å²) in [4.78, 5) is 37.7. The number of hydrogen-bond acceptors (Lipinski definition) is 6. The number of phenolic OH excluding ortho intramolecular Hbond substituents is 1. The molecule has 0 saturated carbocycles. The zero-order chi connectivity index (χ0) is 20.3. The Kier molecular flexibility index (Phi) is 5.65. The fourth-order valence-corrected chi connectivity index (χ4v) is 3.29. The van der Waals surface area contributed by atoms with Crippen molar-refractivity contribution in [3.63, 3.8) is 0 Å². The van der Waals surface area contributed by atoms with E-state index in [2.05, 4.69) is 5.32 Å². The normalized spacial score (nSPS) is 15.2. The molecule has 3 amide bonds. The first-order chi connectivity index (χ1) is 13.4. The number of amides is 3. The van der Waals surface area contributed by atoms with Crippen LogP contribution in [-0.2, 0) is 9.59 Å². The van der Waals surface area contributed by atoms with E-state index in [1.807, 2.05) is 0 Å². The predicted molar refractivity (Wildman–Crippen MR) is 102 cm³/mol. The number of carbonyl (C=O) groups excluding carboxylic acids is 3. The second-order valence-electron chi connectivity index (χ2n) is 5.75. The quantitative estimate of drug-likeness (QED) is 0.746. The molecule has 2 N–H and O–H groups in total. The van der Waals surface area contributed by atoms with E-state index >= 15 is 0 Å². The minimum atomic E-state index is -0.601. The first kappa shape index (κ1) is 19.4. The second-order valence-corrected chi connectivity index (χ2v) is 6.75. The number of halogens is 1. The lowest BCUT2D eigenvalue weighted by Crippen LogP contribution is -2.36. The van der Waals surface area contributed by atoms with E-state index in [0.717, 1.165) is 4.90 Å². The maximum atomic E-state index is 12.9. The van der Waals surface area contributed by atoms with E-state index < -0.39 is 29.4 Å². The molecule has 7 nitrogen and oxygen atoms in total. The van der Waals surface area contributed by atoms with Crippen molar-refractivity contribution in [3.8, 4) is 11.5 Å². The first-order valence-corrected chi connectivity index (χ1v) is 8.87. The number of thioether (sulfide) groups is 1. The highest BCUT2D eigenvalue weighted by Gasteiger charge is 2.36. The highest BCUT2D eigenvalue weighted by atomic mass is 32.2. The highest BCUT2D eigenvalue weighted by Crippen LogP contribution is 2.34. The van der Waals surface area contributed by atoms with Gasteiger partial charge in [-0.05, 0) is 59.8 Å². The van der Waals surface area contributed by atoms with Gasteiger partial charge in [0, 0.05) is 5.69 Å². The summed E-state index contributed by atoms with van der Waals surface area (Å²) in [5.74, 6) is -1.45. The van der Waals surface area contributed by atoms with Gasteiger partial charge in [0.05, 0.1) is 12.0 Å². The van der Waals surface area contributed by atoms with Gasteiger partial charge in [-0.15, -0.1) is 0 Å². The third-order valence-corrected chi connectivity index (χ3v) is 4.71. The molecule has 2 aromatic rings. The molecule has 0 aromatic heterocycles. The smallest absolute Gasteiger partial charge is 0.294 e. The molecule has 0 unspecified atom stereocenters. The van der Waals surface area contributed by atoms with Gasteiger partial charge in [0.1, 0.15) is 12.4 Å². The molecule has 0 spiro atoms. The Morgan fingerprint density at radius 3 is 2.64 bits per heavy atom. The molecular weight excluding hydrogens is 387 g/mol. The van der Waals surface area contributed by atoms with Gasteiger partial charge in [-0.1, -0.05) is 6.07 Å². The molecule has 0 atom stereocenters. The van der Waals surface area contributed by atoms with Crippen LogP contribution in [0.15, 0.2) is 47.4 Å². The Hall–Kier alpha value is -3.33. The largest absolute Gasteiger partial charge is 0.504 e. The van der Waals surface area contributed by atoms with Crippen molar-refractivity contribution in [1.82, 2.24) is 4.90 Å². The van der Waals surface area contributed by atoms with Gasteiger partial charge in [0.2, 0.25) is 5.91 Å². The summed E-state index contributed by atoms with van der Waals surface area (Å²) < 4.78 is 17.9. The van der Waals surface area contributed by atoms with Gasteiger partial charge < -0.3 is 15.2 Å². The number of rotatable bonds is 5. The van der Waals surface area contributed by atoms with Crippen LogP contribution in [0.2, 0.25) is 0 Å². The summed E-state index contributed by atoms with van der Waals surface area (Å²) in [6.45, 7) is -0.460. The number of benzene rings is 2. The summed E-state index contributed by atoms with van der Waals surface area (Å²) in [5.41, 5.74) is 0.904. The predicted octanol–water partition coefficient (Wildman–Crippen LogP) is 3.21. The number of imide groups is 1. The molecule has 3 rings (SSSR count). The molecular formula is C19H15FN2O5S. The minimum absolute atomic E-state index is 0.0507. The van der Waals surface area contributed by atoms with E-state index in [1.165, 1.54) is 49.6 Å². The van der Waals surface area contributed by atoms with Crippen LogP contribution < -0.4 is 10.1 Å². The minimum Gasteiger partial charge on any atom is -0.504 e. The number of carbonyl (C=O) groups is 3. The molecule has 1 aliphatic heterocycles. The fraction of sp³-hybridized carbons (Fsp3) is 0.105. The van der Waals surface area contributed by atoms with Crippen molar-refractivity contribution in [2.75, 3.05) is 19.0 Å². The number of methoxy groups -OCH3 is 1. The summed E-state index contributed by atoms with van der Waals surface area (Å²) in [6.07, 6.45) is 1.48. The summed E-state index contributed by atoms with van der Waals surface area (Å²) in [6, 6.07) is 9.61. The van der Waals surface area contributed by atoms with Crippen LogP contribution in [0, 0.1) is 5.82 Å². The van der Waals surface area contributed by atoms with Crippen molar-refractivity contribution in [2.24, 2.45) is 0 Å². The number of anilines is 1. The maximum absolute atomic E-state index is 12.9. The summed E-state index contributed by atoms with van der Waals surface area (Å²) in [7, 11) is 1.40. The average Bonchev–Trinajstić information content (AvgIpc) is 2.92. The van der Waals surface area contributed by atoms with E-state index in [0.29, 0.717) is 23.0 Å². The Morgan fingerprint density at radius 2 is 1.96 bits per heavy atom. The molecule has 9 heteroatoms. The lowest BCUT2D eigenvalue weighted by atomic mass is 10.2. The standard InChI is InChI=1S/C19H15FN2O5S/c1-27-15-8-11(2-7-14(15)23)9-16-18(25)22(19(26)28-16)10-17(24)21-13-5-3-12(20)4-6-13/h2-9,23H,10H2,1H3,(H,21,24)/b16-9-. The lowest BCUT2D eigenvalue weighted by Gasteiger charge is -2.12. The molecule has 1 fully saturated rings. The van der Waals surface area contributed by atoms with Crippen LogP contribution in [0.25, 0.3) is 6.08 Å². The van der Waals surface area contributed by atoms with Gasteiger partial charge in [-0.25, -0.2) is 4.39 Å². The monoisotopic (exact) mass is 402 g/mol. The molecule has 0 aliphatic carbocycles. The number of hydrogen-bond donors (Lipinski definition) is 2. The molecule has 144 valence electrons. The van der Waals surface area contributed by atoms with Crippen LogP contribution in [0.3, 0.4) is 0 Å². The number of ether oxygens (including phenoxy) is 1. The van der Waals surface area contributed by atoms with E-state index in [4.69, 9.17) is 4.74 Å². The van der Waals surface area contributed by atoms with Crippen molar-refractivity contribution < 1.29 is 28.6 Å². The molecule has 1 saturated heterocycles. The van der Waals surface area contributed by atoms with Crippen LogP contribution in [0.4, 0.5) is 14.9 Å². The van der Waals surface area contributed by atoms with Gasteiger partial charge in [-0.2, -0.15) is 0 Å². The number of nitrogens with one attached hydrogen (secondary N) is 1. The fourth-order valence-electron chi connectivity index (χ4n) is 2.45. The Balaban J connectivity index is 1.70. The van der Waals surface area contributed by atoms with Crippen LogP contribution in [-0.4, -0.2) is 40.7 Å². The Labute approximate surface area is 163 Å². The SMILES string of the molecule is COc1cc(/C=C2\SC(=O)N(CC(=O)Nc3ccc(F)cc3)C2=O)ccc1O. The van der Waals surface area contributed by atoms with Crippen molar-refractivity contribution in [2.45, 2.75) is 0 Å². The summed E-state index contributed by atoms with van der Waals surface area (Å²) >= 11 is 0.710. The summed E-state index contributed by atoms with van der Waals surface area (Å²) in [5, 5.41) is 11.5. The zero-order valence-corrected chi connectivity index (χ0v) is 15.5. The molecule has 1 heterocycles. The average molecular weight is 402 g/mol. The van der Waals surface area contributed by atoms with Crippen molar-refractivity contribution >= 4 is 40.6 Å². The molecule has 0 bridgehead atoms. The molecule has 28 heavy (non-hydrogen) atoms. The molecule has 0 radical (unpaired) electrons. The lowest BCUT2D eigenvalue weighted by molar-refractivity contribution is -0.127. The van der Waals surface area contributed by atoms with E-state index in [9.17, 15) is 23.9 Å². The van der Waals surface area contributed by atoms with Crippen molar-refractivity contribution in [1.29, 1.82) is 0 Å². The topological polar surface area (TPSA) is 95.9 Å². The van der Waals surface area contributed by atoms with Gasteiger partial charge in [-0.3, -0.25) is 19.3 Å². The van der Waals surface area contributed by atoms with Crippen molar-refractivity contribution in [3.05, 3.63) is 58.8 Å². The van der Waals surface area contributed by atoms with E-state index in [-0.39, 0.29) is 16.4 Å². The van der Waals surface area contributed by atoms with Crippen LogP contribution in [0.5, 0.6) is 11.5 Å². The number of nitrogens with zero attached hydrogens (tertiary/aromatic N) is 1. The van der Waals surface area contributed by atoms with Gasteiger partial charge in [0.25, 0.3) is 11.1 Å². The van der Waals surface area contributed by atoms with Crippen LogP contribution in [0.1, 0.15) is 5.56 Å². The van der Waals surface area contributed by atoms with Gasteiger partial charge >= 0.3 is 0 Å². The third-order valence-electron chi connectivity index (χ3n) is 3.80. The molecule has 1 aliphatic rings. The third kappa shape index (κ3) is 4.32. The van der Waals surface area contributed by atoms with Gasteiger partial charge in [0.15, 0.2) is 11.5 Å². The van der Waals surface area contributed by atoms with Crippen LogP contribution >= 0.6 is 11.8 Å². The zero-order valence-electron chi connectivity index (χ0n) is 14.6. The second kappa shape index (κ2) is 8.13. The number of phenols is 1. The van der Waals surface area contributed by atoms with E-state index in [1.54, 1.807) is 6.07 Å². The highest BCUT2D eigenvalue weighted by molar-refractivity contribution is 8.18. The Morgan fingerprint density at radius 1 is 1.25 bits per heavy atom. The maximum Gasteiger partial charge on any atom is 0.294 e. The Bertz CT molecular complexity index is 975. The molecule has 2 aromatic carbocycles.